The minimum atomic E-state index is -0.356. The molecule has 1 unspecified atom stereocenters. The van der Waals surface area contributed by atoms with E-state index < -0.39 is 0 Å². The molecule has 1 aliphatic rings. The summed E-state index contributed by atoms with van der Waals surface area (Å²) < 4.78 is 7.31. The Morgan fingerprint density at radius 1 is 1.76 bits per heavy atom. The molecule has 1 fully saturated rings. The molecule has 1 aromatic rings. The van der Waals surface area contributed by atoms with Crippen molar-refractivity contribution in [2.45, 2.75) is 12.5 Å². The number of aryl methyl sites for hydroxylation is 1. The van der Waals surface area contributed by atoms with Crippen LogP contribution >= 0.6 is 0 Å². The second-order valence-corrected chi connectivity index (χ2v) is 4.06. The van der Waals surface area contributed by atoms with Gasteiger partial charge in [-0.15, -0.1) is 0 Å². The van der Waals surface area contributed by atoms with E-state index in [1.54, 1.807) is 6.20 Å². The van der Waals surface area contributed by atoms with Crippen LogP contribution in [0.25, 0.3) is 0 Å². The first kappa shape index (κ1) is 12.1. The number of ether oxygens (including phenoxy) is 1. The van der Waals surface area contributed by atoms with Crippen LogP contribution in [0, 0.1) is 0 Å². The van der Waals surface area contributed by atoms with Crippen LogP contribution in [0.4, 0.5) is 0 Å². The molecule has 1 aromatic heterocycles. The summed E-state index contributed by atoms with van der Waals surface area (Å²) in [7, 11) is 1.94. The molecule has 94 valence electrons. The summed E-state index contributed by atoms with van der Waals surface area (Å²) in [6, 6.07) is 0. The van der Waals surface area contributed by atoms with Gasteiger partial charge in [-0.1, -0.05) is 0 Å². The number of hydrogen-bond donors (Lipinski definition) is 2. The Morgan fingerprint density at radius 2 is 2.65 bits per heavy atom. The number of imidazole rings is 1. The second-order valence-electron chi connectivity index (χ2n) is 4.06. The van der Waals surface area contributed by atoms with Crippen molar-refractivity contribution < 1.29 is 9.53 Å². The van der Waals surface area contributed by atoms with Gasteiger partial charge in [0.15, 0.2) is 0 Å². The monoisotopic (exact) mass is 238 g/mol. The predicted octanol–water partition coefficient (Wildman–Crippen LogP) is -0.933. The van der Waals surface area contributed by atoms with Gasteiger partial charge in [0.2, 0.25) is 5.91 Å². The van der Waals surface area contributed by atoms with Crippen LogP contribution in [0.1, 0.15) is 5.82 Å². The topological polar surface area (TPSA) is 68.2 Å². The Kier molecular flexibility index (Phi) is 4.11. The third kappa shape index (κ3) is 3.28. The van der Waals surface area contributed by atoms with Gasteiger partial charge in [0.25, 0.3) is 0 Å². The minimum Gasteiger partial charge on any atom is -0.366 e. The van der Waals surface area contributed by atoms with E-state index in [0.717, 1.165) is 18.8 Å². The molecule has 0 bridgehead atoms. The molecule has 2 N–H and O–H groups in total. The molecular formula is C11H18N4O2. The molecule has 0 spiro atoms. The third-order valence-corrected chi connectivity index (χ3v) is 2.79. The highest BCUT2D eigenvalue weighted by Gasteiger charge is 2.20. The van der Waals surface area contributed by atoms with Crippen LogP contribution in [0.5, 0.6) is 0 Å². The van der Waals surface area contributed by atoms with Crippen molar-refractivity contribution >= 4 is 5.91 Å². The Labute approximate surface area is 100 Å². The summed E-state index contributed by atoms with van der Waals surface area (Å²) in [5.41, 5.74) is 0. The lowest BCUT2D eigenvalue weighted by molar-refractivity contribution is -0.134. The van der Waals surface area contributed by atoms with Gasteiger partial charge in [-0.2, -0.15) is 0 Å². The highest BCUT2D eigenvalue weighted by atomic mass is 16.5. The summed E-state index contributed by atoms with van der Waals surface area (Å²) in [6.07, 6.45) is 4.02. The van der Waals surface area contributed by atoms with Crippen molar-refractivity contribution in [3.8, 4) is 0 Å². The maximum absolute atomic E-state index is 11.7. The van der Waals surface area contributed by atoms with Crippen molar-refractivity contribution in [1.82, 2.24) is 20.2 Å². The Hall–Kier alpha value is -1.40. The number of carbonyl (C=O) groups excluding carboxylic acids is 1. The number of morpholine rings is 1. The zero-order valence-electron chi connectivity index (χ0n) is 9.98. The zero-order chi connectivity index (χ0) is 12.1. The summed E-state index contributed by atoms with van der Waals surface area (Å²) in [6.45, 7) is 2.59. The Bertz CT molecular complexity index is 371. The van der Waals surface area contributed by atoms with Crippen molar-refractivity contribution in [2.75, 3.05) is 26.2 Å². The molecule has 0 radical (unpaired) electrons. The van der Waals surface area contributed by atoms with Gasteiger partial charge in [-0.05, 0) is 0 Å². The van der Waals surface area contributed by atoms with Gasteiger partial charge in [0.1, 0.15) is 11.9 Å². The fourth-order valence-corrected chi connectivity index (χ4v) is 1.78. The normalized spacial score (nSPS) is 20.2. The molecule has 2 heterocycles. The Morgan fingerprint density at radius 3 is 3.29 bits per heavy atom. The van der Waals surface area contributed by atoms with Crippen LogP contribution in [0.2, 0.25) is 0 Å². The number of nitrogens with zero attached hydrogens (tertiary/aromatic N) is 2. The first-order valence-corrected chi connectivity index (χ1v) is 5.83. The number of carbonyl (C=O) groups is 1. The summed E-state index contributed by atoms with van der Waals surface area (Å²) in [4.78, 5) is 15.9. The Balaban J connectivity index is 1.71. The van der Waals surface area contributed by atoms with Crippen LogP contribution in [0.15, 0.2) is 12.4 Å². The number of aromatic nitrogens is 2. The summed E-state index contributed by atoms with van der Waals surface area (Å²) in [5.74, 6) is 0.916. The summed E-state index contributed by atoms with van der Waals surface area (Å²) in [5, 5.41) is 5.99. The van der Waals surface area contributed by atoms with E-state index in [0.29, 0.717) is 19.7 Å². The quantitative estimate of drug-likeness (QED) is 0.711. The third-order valence-electron chi connectivity index (χ3n) is 2.79. The molecule has 1 saturated heterocycles. The highest BCUT2D eigenvalue weighted by molar-refractivity contribution is 5.81. The molecule has 6 heteroatoms. The van der Waals surface area contributed by atoms with Crippen LogP contribution < -0.4 is 10.6 Å². The number of amides is 1. The van der Waals surface area contributed by atoms with Gasteiger partial charge in [-0.3, -0.25) is 4.79 Å². The van der Waals surface area contributed by atoms with Crippen LogP contribution in [0.3, 0.4) is 0 Å². The lowest BCUT2D eigenvalue weighted by atomic mass is 10.3. The lowest BCUT2D eigenvalue weighted by Crippen LogP contribution is -2.48. The molecule has 17 heavy (non-hydrogen) atoms. The van der Waals surface area contributed by atoms with Gasteiger partial charge < -0.3 is 19.9 Å². The number of nitrogens with one attached hydrogen (secondary N) is 2. The molecule has 0 saturated carbocycles. The fraction of sp³-hybridized carbons (Fsp3) is 0.636. The van der Waals surface area contributed by atoms with E-state index in [9.17, 15) is 4.79 Å². The van der Waals surface area contributed by atoms with E-state index in [1.165, 1.54) is 0 Å². The van der Waals surface area contributed by atoms with Crippen molar-refractivity contribution in [1.29, 1.82) is 0 Å². The van der Waals surface area contributed by atoms with Gasteiger partial charge >= 0.3 is 0 Å². The van der Waals surface area contributed by atoms with E-state index >= 15 is 0 Å². The molecule has 1 atom stereocenters. The van der Waals surface area contributed by atoms with Gasteiger partial charge in [0.05, 0.1) is 6.61 Å². The molecular weight excluding hydrogens is 220 g/mol. The minimum absolute atomic E-state index is 0.0496. The fourth-order valence-electron chi connectivity index (χ4n) is 1.78. The van der Waals surface area contributed by atoms with E-state index in [1.807, 2.05) is 17.8 Å². The maximum Gasteiger partial charge on any atom is 0.250 e. The molecule has 2 rings (SSSR count). The molecule has 1 amide bonds. The number of rotatable bonds is 4. The average Bonchev–Trinajstić information content (AvgIpc) is 2.76. The molecule has 0 aliphatic carbocycles. The van der Waals surface area contributed by atoms with Crippen molar-refractivity contribution in [3.63, 3.8) is 0 Å². The largest absolute Gasteiger partial charge is 0.366 e. The van der Waals surface area contributed by atoms with E-state index in [2.05, 4.69) is 15.6 Å². The van der Waals surface area contributed by atoms with Gasteiger partial charge in [-0.25, -0.2) is 4.98 Å². The molecule has 1 aliphatic heterocycles. The molecule has 6 nitrogen and oxygen atoms in total. The standard InChI is InChI=1S/C11H18N4O2/c1-15-6-4-13-10(15)2-3-14-11(16)9-8-12-5-7-17-9/h4,6,9,12H,2-3,5,7-8H2,1H3,(H,14,16). The molecule has 0 aromatic carbocycles. The zero-order valence-corrected chi connectivity index (χ0v) is 9.98. The SMILES string of the molecule is Cn1ccnc1CCNC(=O)C1CNCCO1. The first-order valence-electron chi connectivity index (χ1n) is 5.83. The second kappa shape index (κ2) is 5.79. The smallest absolute Gasteiger partial charge is 0.250 e. The summed E-state index contributed by atoms with van der Waals surface area (Å²) >= 11 is 0. The van der Waals surface area contributed by atoms with Gasteiger partial charge in [0, 0.05) is 45.5 Å². The highest BCUT2D eigenvalue weighted by Crippen LogP contribution is 1.97. The average molecular weight is 238 g/mol. The maximum atomic E-state index is 11.7. The predicted molar refractivity (Wildman–Crippen MR) is 62.5 cm³/mol. The lowest BCUT2D eigenvalue weighted by Gasteiger charge is -2.22. The van der Waals surface area contributed by atoms with E-state index in [-0.39, 0.29) is 12.0 Å². The van der Waals surface area contributed by atoms with Crippen LogP contribution in [-0.2, 0) is 23.0 Å². The van der Waals surface area contributed by atoms with Crippen LogP contribution in [-0.4, -0.2) is 47.8 Å². The van der Waals surface area contributed by atoms with Crippen molar-refractivity contribution in [3.05, 3.63) is 18.2 Å². The number of hydrogen-bond acceptors (Lipinski definition) is 4. The first-order chi connectivity index (χ1) is 8.27. The van der Waals surface area contributed by atoms with E-state index in [4.69, 9.17) is 4.74 Å². The van der Waals surface area contributed by atoms with Crippen molar-refractivity contribution in [2.24, 2.45) is 7.05 Å².